The first kappa shape index (κ1) is 13.9. The fourth-order valence-electron chi connectivity index (χ4n) is 1.52. The normalized spacial score (nSPS) is 11.9. The molecule has 0 bridgehead atoms. The second-order valence-electron chi connectivity index (χ2n) is 3.88. The Morgan fingerprint density at radius 1 is 1.61 bits per heavy atom. The summed E-state index contributed by atoms with van der Waals surface area (Å²) in [7, 11) is 1.77. The monoisotopic (exact) mass is 255 g/mol. The van der Waals surface area contributed by atoms with Crippen LogP contribution in [-0.4, -0.2) is 49.9 Å². The number of carbonyl (C=O) groups is 2. The van der Waals surface area contributed by atoms with E-state index >= 15 is 0 Å². The van der Waals surface area contributed by atoms with Crippen molar-refractivity contribution in [1.82, 2.24) is 25.0 Å². The van der Waals surface area contributed by atoms with Gasteiger partial charge in [0.2, 0.25) is 0 Å². The van der Waals surface area contributed by atoms with Gasteiger partial charge in [-0.05, 0) is 13.8 Å². The number of hydrogen-bond acceptors (Lipinski definition) is 4. The molecule has 1 aromatic heterocycles. The fourth-order valence-corrected chi connectivity index (χ4v) is 1.52. The molecule has 0 aliphatic rings. The first-order chi connectivity index (χ1) is 8.45. The van der Waals surface area contributed by atoms with Crippen LogP contribution in [-0.2, 0) is 11.8 Å². The number of aryl methyl sites for hydroxylation is 1. The summed E-state index contributed by atoms with van der Waals surface area (Å²) in [6.07, 6.45) is 1.53. The molecule has 18 heavy (non-hydrogen) atoms. The number of nitrogens with one attached hydrogen (secondary N) is 1. The van der Waals surface area contributed by atoms with Gasteiger partial charge in [0.25, 0.3) is 0 Å². The minimum Gasteiger partial charge on any atom is -0.480 e. The van der Waals surface area contributed by atoms with E-state index in [4.69, 9.17) is 5.11 Å². The summed E-state index contributed by atoms with van der Waals surface area (Å²) in [6, 6.07) is -0.775. The maximum atomic E-state index is 11.8. The smallest absolute Gasteiger partial charge is 0.323 e. The van der Waals surface area contributed by atoms with Crippen molar-refractivity contribution in [2.75, 3.05) is 13.1 Å². The number of aromatic nitrogens is 3. The van der Waals surface area contributed by atoms with Crippen molar-refractivity contribution in [2.24, 2.45) is 7.05 Å². The maximum Gasteiger partial charge on any atom is 0.323 e. The molecule has 1 atom stereocenters. The number of carboxylic acids is 1. The lowest BCUT2D eigenvalue weighted by atomic mass is 10.3. The Kier molecular flexibility index (Phi) is 4.64. The molecule has 0 saturated carbocycles. The summed E-state index contributed by atoms with van der Waals surface area (Å²) < 4.78 is 1.69. The predicted octanol–water partition coefficient (Wildman–Crippen LogP) is -0.00780. The quantitative estimate of drug-likeness (QED) is 0.770. The average Bonchev–Trinajstić information content (AvgIpc) is 2.71. The summed E-state index contributed by atoms with van der Waals surface area (Å²) in [5, 5.41) is 19.0. The van der Waals surface area contributed by atoms with E-state index in [-0.39, 0.29) is 12.6 Å². The van der Waals surface area contributed by atoms with E-state index in [1.54, 1.807) is 25.5 Å². The van der Waals surface area contributed by atoms with Gasteiger partial charge in [0.15, 0.2) is 5.82 Å². The first-order valence-corrected chi connectivity index (χ1v) is 5.56. The van der Waals surface area contributed by atoms with E-state index in [9.17, 15) is 9.59 Å². The minimum atomic E-state index is -1.04. The van der Waals surface area contributed by atoms with Crippen LogP contribution in [0.25, 0.3) is 0 Å². The van der Waals surface area contributed by atoms with Gasteiger partial charge in [-0.15, -0.1) is 10.2 Å². The Hall–Kier alpha value is -2.12. The molecule has 8 nitrogen and oxygen atoms in total. The molecule has 8 heteroatoms. The maximum absolute atomic E-state index is 11.8. The number of hydrogen-bond donors (Lipinski definition) is 2. The van der Waals surface area contributed by atoms with Crippen LogP contribution in [0, 0.1) is 0 Å². The van der Waals surface area contributed by atoms with Crippen LogP contribution in [0.5, 0.6) is 0 Å². The number of rotatable bonds is 5. The van der Waals surface area contributed by atoms with E-state index < -0.39 is 12.0 Å². The zero-order valence-corrected chi connectivity index (χ0v) is 10.6. The molecule has 2 N–H and O–H groups in total. The van der Waals surface area contributed by atoms with Gasteiger partial charge in [0.05, 0.1) is 6.04 Å². The van der Waals surface area contributed by atoms with E-state index in [1.165, 1.54) is 11.2 Å². The van der Waals surface area contributed by atoms with Crippen LogP contribution < -0.4 is 5.32 Å². The Morgan fingerprint density at radius 2 is 2.28 bits per heavy atom. The molecule has 1 aromatic rings. The summed E-state index contributed by atoms with van der Waals surface area (Å²) in [5.74, 6) is -0.437. The molecule has 0 saturated heterocycles. The van der Waals surface area contributed by atoms with Crippen molar-refractivity contribution < 1.29 is 14.7 Å². The lowest BCUT2D eigenvalue weighted by molar-refractivity contribution is -0.137. The summed E-state index contributed by atoms with van der Waals surface area (Å²) in [4.78, 5) is 23.6. The van der Waals surface area contributed by atoms with Gasteiger partial charge in [-0.2, -0.15) is 0 Å². The summed E-state index contributed by atoms with van der Waals surface area (Å²) in [5.41, 5.74) is 0. The van der Waals surface area contributed by atoms with Crippen LogP contribution in [0.3, 0.4) is 0 Å². The number of likely N-dealkylation sites (N-methyl/N-ethyl adjacent to an activating group) is 1. The third kappa shape index (κ3) is 3.44. The van der Waals surface area contributed by atoms with Crippen LogP contribution in [0.1, 0.15) is 25.7 Å². The Morgan fingerprint density at radius 3 is 2.72 bits per heavy atom. The number of urea groups is 1. The predicted molar refractivity (Wildman–Crippen MR) is 62.8 cm³/mol. The third-order valence-electron chi connectivity index (χ3n) is 2.47. The van der Waals surface area contributed by atoms with E-state index in [2.05, 4.69) is 15.5 Å². The van der Waals surface area contributed by atoms with Crippen molar-refractivity contribution in [3.05, 3.63) is 12.2 Å². The molecular formula is C10H17N5O3. The number of nitrogens with zero attached hydrogens (tertiary/aromatic N) is 4. The Bertz CT molecular complexity index is 431. The molecule has 0 aliphatic carbocycles. The zero-order valence-electron chi connectivity index (χ0n) is 10.6. The highest BCUT2D eigenvalue weighted by Crippen LogP contribution is 2.07. The van der Waals surface area contributed by atoms with Crippen molar-refractivity contribution in [3.63, 3.8) is 0 Å². The molecule has 100 valence electrons. The standard InChI is InChI=1S/C10H17N5O3/c1-4-15(5-8(16)17)10(18)12-7(2)9-13-11-6-14(9)3/h6-7H,4-5H2,1-3H3,(H,12,18)(H,16,17). The van der Waals surface area contributed by atoms with E-state index in [0.29, 0.717) is 12.4 Å². The average molecular weight is 255 g/mol. The second kappa shape index (κ2) is 5.99. The molecule has 1 heterocycles. The highest BCUT2D eigenvalue weighted by atomic mass is 16.4. The highest BCUT2D eigenvalue weighted by molar-refractivity contribution is 5.80. The minimum absolute atomic E-state index is 0.323. The fraction of sp³-hybridized carbons (Fsp3) is 0.600. The Balaban J connectivity index is 2.63. The summed E-state index contributed by atoms with van der Waals surface area (Å²) in [6.45, 7) is 3.48. The molecule has 2 amide bonds. The van der Waals surface area contributed by atoms with Gasteiger partial charge in [0.1, 0.15) is 12.9 Å². The first-order valence-electron chi connectivity index (χ1n) is 5.56. The lowest BCUT2D eigenvalue weighted by Gasteiger charge is -2.21. The van der Waals surface area contributed by atoms with Gasteiger partial charge < -0.3 is 19.9 Å². The molecule has 1 rings (SSSR count). The third-order valence-corrected chi connectivity index (χ3v) is 2.47. The van der Waals surface area contributed by atoms with Crippen LogP contribution in [0.15, 0.2) is 6.33 Å². The number of aliphatic carboxylic acids is 1. The van der Waals surface area contributed by atoms with Crippen LogP contribution >= 0.6 is 0 Å². The molecular weight excluding hydrogens is 238 g/mol. The Labute approximate surface area is 105 Å². The summed E-state index contributed by atoms with van der Waals surface area (Å²) >= 11 is 0. The van der Waals surface area contributed by atoms with Crippen LogP contribution in [0.2, 0.25) is 0 Å². The van der Waals surface area contributed by atoms with Gasteiger partial charge >= 0.3 is 12.0 Å². The van der Waals surface area contributed by atoms with E-state index in [0.717, 1.165) is 0 Å². The van der Waals surface area contributed by atoms with Crippen LogP contribution in [0.4, 0.5) is 4.79 Å². The van der Waals surface area contributed by atoms with Crippen molar-refractivity contribution >= 4 is 12.0 Å². The van der Waals surface area contributed by atoms with Gasteiger partial charge in [-0.3, -0.25) is 4.79 Å². The van der Waals surface area contributed by atoms with Gasteiger partial charge in [-0.1, -0.05) is 0 Å². The van der Waals surface area contributed by atoms with Gasteiger partial charge in [-0.25, -0.2) is 4.79 Å². The highest BCUT2D eigenvalue weighted by Gasteiger charge is 2.19. The number of carboxylic acid groups (broad SMARTS) is 1. The topological polar surface area (TPSA) is 100 Å². The lowest BCUT2D eigenvalue weighted by Crippen LogP contribution is -2.43. The molecule has 0 aromatic carbocycles. The SMILES string of the molecule is CCN(CC(=O)O)C(=O)NC(C)c1nncn1C. The molecule has 0 aliphatic heterocycles. The zero-order chi connectivity index (χ0) is 13.7. The number of carbonyl (C=O) groups excluding carboxylic acids is 1. The largest absolute Gasteiger partial charge is 0.480 e. The molecule has 0 radical (unpaired) electrons. The van der Waals surface area contributed by atoms with E-state index in [1.807, 2.05) is 0 Å². The number of amides is 2. The van der Waals surface area contributed by atoms with Gasteiger partial charge in [0, 0.05) is 13.6 Å². The molecule has 0 spiro atoms. The molecule has 0 fully saturated rings. The second-order valence-corrected chi connectivity index (χ2v) is 3.88. The van der Waals surface area contributed by atoms with Crippen molar-refractivity contribution in [1.29, 1.82) is 0 Å². The molecule has 1 unspecified atom stereocenters. The van der Waals surface area contributed by atoms with Crippen molar-refractivity contribution in [3.8, 4) is 0 Å². The van der Waals surface area contributed by atoms with Crippen molar-refractivity contribution in [2.45, 2.75) is 19.9 Å².